The maximum absolute atomic E-state index is 11.8. The summed E-state index contributed by atoms with van der Waals surface area (Å²) in [5, 5.41) is 2.36. The first-order valence-corrected chi connectivity index (χ1v) is 6.81. The zero-order valence-electron chi connectivity index (χ0n) is 11.8. The first-order valence-electron chi connectivity index (χ1n) is 6.81. The summed E-state index contributed by atoms with van der Waals surface area (Å²) in [6.45, 7) is 8.01. The zero-order valence-corrected chi connectivity index (χ0v) is 11.8. The fourth-order valence-corrected chi connectivity index (χ4v) is 2.03. The molecule has 0 radical (unpaired) electrons. The topological polar surface area (TPSA) is 17.1 Å². The predicted molar refractivity (Wildman–Crippen MR) is 79.3 cm³/mol. The molecular formula is C17H22O. The first kappa shape index (κ1) is 14.4. The molecule has 0 fully saturated rings. The average molecular weight is 242 g/mol. The van der Waals surface area contributed by atoms with Crippen molar-refractivity contribution in [2.75, 3.05) is 0 Å². The SMILES string of the molecule is CC.CCC(=O)c1cc2ccccc2cc1CC. The van der Waals surface area contributed by atoms with E-state index in [0.29, 0.717) is 6.42 Å². The zero-order chi connectivity index (χ0) is 13.5. The largest absolute Gasteiger partial charge is 0.294 e. The van der Waals surface area contributed by atoms with Gasteiger partial charge in [0, 0.05) is 12.0 Å². The van der Waals surface area contributed by atoms with E-state index in [0.717, 1.165) is 22.9 Å². The van der Waals surface area contributed by atoms with E-state index in [1.54, 1.807) is 0 Å². The smallest absolute Gasteiger partial charge is 0.162 e. The third kappa shape index (κ3) is 2.98. The van der Waals surface area contributed by atoms with Gasteiger partial charge in [0.2, 0.25) is 0 Å². The van der Waals surface area contributed by atoms with E-state index in [-0.39, 0.29) is 5.78 Å². The number of aryl methyl sites for hydroxylation is 1. The molecule has 2 aromatic carbocycles. The number of Topliss-reactive ketones (excluding diaryl/α,β-unsaturated/α-hetero) is 1. The monoisotopic (exact) mass is 242 g/mol. The lowest BCUT2D eigenvalue weighted by Gasteiger charge is -2.08. The summed E-state index contributed by atoms with van der Waals surface area (Å²) in [5.74, 6) is 0.239. The highest BCUT2D eigenvalue weighted by molar-refractivity contribution is 6.01. The summed E-state index contributed by atoms with van der Waals surface area (Å²) in [4.78, 5) is 11.8. The van der Waals surface area contributed by atoms with Crippen molar-refractivity contribution in [1.29, 1.82) is 0 Å². The number of carbonyl (C=O) groups excluding carboxylic acids is 1. The summed E-state index contributed by atoms with van der Waals surface area (Å²) >= 11 is 0. The molecule has 18 heavy (non-hydrogen) atoms. The molecule has 0 aliphatic rings. The van der Waals surface area contributed by atoms with Crippen LogP contribution in [0.3, 0.4) is 0 Å². The Morgan fingerprint density at radius 1 is 1.00 bits per heavy atom. The van der Waals surface area contributed by atoms with Crippen molar-refractivity contribution in [3.8, 4) is 0 Å². The van der Waals surface area contributed by atoms with Gasteiger partial charge < -0.3 is 0 Å². The molecule has 0 bridgehead atoms. The molecule has 0 spiro atoms. The number of rotatable bonds is 3. The molecule has 96 valence electrons. The molecule has 0 unspecified atom stereocenters. The second kappa shape index (κ2) is 6.95. The molecule has 0 amide bonds. The summed E-state index contributed by atoms with van der Waals surface area (Å²) in [6.07, 6.45) is 1.48. The van der Waals surface area contributed by atoms with Gasteiger partial charge in [0.25, 0.3) is 0 Å². The van der Waals surface area contributed by atoms with Gasteiger partial charge in [0.1, 0.15) is 0 Å². The van der Waals surface area contributed by atoms with E-state index in [1.807, 2.05) is 39.0 Å². The van der Waals surface area contributed by atoms with E-state index < -0.39 is 0 Å². The molecule has 0 atom stereocenters. The molecule has 2 aromatic rings. The number of carbonyl (C=O) groups is 1. The predicted octanol–water partition coefficient (Wildman–Crippen LogP) is 5.02. The van der Waals surface area contributed by atoms with Crippen molar-refractivity contribution in [3.05, 3.63) is 47.5 Å². The van der Waals surface area contributed by atoms with Gasteiger partial charge in [-0.3, -0.25) is 4.79 Å². The van der Waals surface area contributed by atoms with Crippen LogP contribution in [0.25, 0.3) is 10.8 Å². The third-order valence-corrected chi connectivity index (χ3v) is 2.97. The van der Waals surface area contributed by atoms with Crippen molar-refractivity contribution < 1.29 is 4.79 Å². The van der Waals surface area contributed by atoms with Crippen LogP contribution in [0, 0.1) is 0 Å². The molecule has 0 saturated heterocycles. The number of hydrogen-bond donors (Lipinski definition) is 0. The van der Waals surface area contributed by atoms with Crippen LogP contribution in [0.1, 0.15) is 50.0 Å². The highest BCUT2D eigenvalue weighted by atomic mass is 16.1. The lowest BCUT2D eigenvalue weighted by atomic mass is 9.96. The van der Waals surface area contributed by atoms with Gasteiger partial charge >= 0.3 is 0 Å². The van der Waals surface area contributed by atoms with E-state index in [4.69, 9.17) is 0 Å². The van der Waals surface area contributed by atoms with Gasteiger partial charge in [0.15, 0.2) is 5.78 Å². The molecule has 0 N–H and O–H groups in total. The molecule has 2 rings (SSSR count). The number of fused-ring (bicyclic) bond motifs is 1. The molecule has 0 saturated carbocycles. The van der Waals surface area contributed by atoms with Crippen LogP contribution in [0.2, 0.25) is 0 Å². The van der Waals surface area contributed by atoms with Gasteiger partial charge in [-0.1, -0.05) is 58.0 Å². The third-order valence-electron chi connectivity index (χ3n) is 2.97. The Bertz CT molecular complexity index is 526. The summed E-state index contributed by atoms with van der Waals surface area (Å²) in [5.41, 5.74) is 2.05. The first-order chi connectivity index (χ1) is 8.76. The van der Waals surface area contributed by atoms with Crippen LogP contribution in [0.15, 0.2) is 36.4 Å². The lowest BCUT2D eigenvalue weighted by molar-refractivity contribution is 0.0987. The second-order valence-corrected chi connectivity index (χ2v) is 3.99. The van der Waals surface area contributed by atoms with Crippen LogP contribution < -0.4 is 0 Å². The number of hydrogen-bond acceptors (Lipinski definition) is 1. The number of ketones is 1. The Labute approximate surface area is 110 Å². The van der Waals surface area contributed by atoms with Crippen molar-refractivity contribution in [1.82, 2.24) is 0 Å². The van der Waals surface area contributed by atoms with Crippen molar-refractivity contribution >= 4 is 16.6 Å². The molecule has 1 nitrogen and oxygen atoms in total. The highest BCUT2D eigenvalue weighted by Gasteiger charge is 2.09. The molecule has 0 heterocycles. The van der Waals surface area contributed by atoms with Crippen LogP contribution >= 0.6 is 0 Å². The molecular weight excluding hydrogens is 220 g/mol. The quantitative estimate of drug-likeness (QED) is 0.690. The minimum Gasteiger partial charge on any atom is -0.294 e. The second-order valence-electron chi connectivity index (χ2n) is 3.99. The van der Waals surface area contributed by atoms with E-state index in [2.05, 4.69) is 25.1 Å². The van der Waals surface area contributed by atoms with Crippen molar-refractivity contribution in [2.24, 2.45) is 0 Å². The summed E-state index contributed by atoms with van der Waals surface area (Å²) < 4.78 is 0. The Kier molecular flexibility index (Phi) is 5.57. The van der Waals surface area contributed by atoms with Crippen molar-refractivity contribution in [3.63, 3.8) is 0 Å². The molecule has 0 aromatic heterocycles. The maximum atomic E-state index is 11.8. The maximum Gasteiger partial charge on any atom is 0.162 e. The van der Waals surface area contributed by atoms with Crippen LogP contribution in [0.5, 0.6) is 0 Å². The van der Waals surface area contributed by atoms with Gasteiger partial charge in [-0.2, -0.15) is 0 Å². The normalized spacial score (nSPS) is 9.78. The fourth-order valence-electron chi connectivity index (χ4n) is 2.03. The van der Waals surface area contributed by atoms with Gasteiger partial charge in [-0.15, -0.1) is 0 Å². The van der Waals surface area contributed by atoms with Gasteiger partial charge in [-0.05, 0) is 28.8 Å². The molecule has 0 aliphatic carbocycles. The van der Waals surface area contributed by atoms with Gasteiger partial charge in [-0.25, -0.2) is 0 Å². The minimum atomic E-state index is 0.239. The van der Waals surface area contributed by atoms with E-state index in [9.17, 15) is 4.79 Å². The van der Waals surface area contributed by atoms with Crippen LogP contribution in [-0.2, 0) is 6.42 Å². The standard InChI is InChI=1S/C15H16O.C2H6/c1-3-11-9-12-7-5-6-8-13(12)10-14(11)15(16)4-2;1-2/h5-10H,3-4H2,1-2H3;1-2H3. The lowest BCUT2D eigenvalue weighted by Crippen LogP contribution is -2.01. The van der Waals surface area contributed by atoms with Crippen molar-refractivity contribution in [2.45, 2.75) is 40.5 Å². The van der Waals surface area contributed by atoms with Gasteiger partial charge in [0.05, 0.1) is 0 Å². The molecule has 0 aliphatic heterocycles. The average Bonchev–Trinajstić information content (AvgIpc) is 2.47. The fraction of sp³-hybridized carbons (Fsp3) is 0.353. The highest BCUT2D eigenvalue weighted by Crippen LogP contribution is 2.21. The number of benzene rings is 2. The summed E-state index contributed by atoms with van der Waals surface area (Å²) in [7, 11) is 0. The Morgan fingerprint density at radius 3 is 2.06 bits per heavy atom. The van der Waals surface area contributed by atoms with Crippen LogP contribution in [0.4, 0.5) is 0 Å². The Hall–Kier alpha value is -1.63. The molecule has 1 heteroatoms. The van der Waals surface area contributed by atoms with E-state index in [1.165, 1.54) is 5.39 Å². The Balaban J connectivity index is 0.000000771. The minimum absolute atomic E-state index is 0.239. The van der Waals surface area contributed by atoms with Crippen LogP contribution in [-0.4, -0.2) is 5.78 Å². The Morgan fingerprint density at radius 2 is 1.56 bits per heavy atom. The summed E-state index contributed by atoms with van der Waals surface area (Å²) in [6, 6.07) is 12.4. The van der Waals surface area contributed by atoms with E-state index >= 15 is 0 Å².